The molecule has 1 saturated carbocycles. The van der Waals surface area contributed by atoms with Crippen LogP contribution in [0.15, 0.2) is 23.3 Å². The zero-order valence-electron chi connectivity index (χ0n) is 28.2. The van der Waals surface area contributed by atoms with E-state index >= 15 is 0 Å². The minimum absolute atomic E-state index is 0.0685. The van der Waals surface area contributed by atoms with Crippen LogP contribution in [0.5, 0.6) is 0 Å². The van der Waals surface area contributed by atoms with Gasteiger partial charge in [-0.15, -0.1) is 0 Å². The molecule has 0 radical (unpaired) electrons. The van der Waals surface area contributed by atoms with Crippen LogP contribution in [0, 0.1) is 5.92 Å². The normalized spacial score (nSPS) is 35.2. The van der Waals surface area contributed by atoms with Crippen LogP contribution in [0.25, 0.3) is 11.2 Å². The number of aromatic nitrogens is 4. The highest BCUT2D eigenvalue weighted by molar-refractivity contribution is 5.71. The molecular weight excluding hydrogens is 696 g/mol. The maximum atomic E-state index is 12.3. The molecule has 4 heterocycles. The molecule has 21 heteroatoms. The van der Waals surface area contributed by atoms with Crippen molar-refractivity contribution in [2.24, 2.45) is 5.92 Å². The van der Waals surface area contributed by atoms with Crippen molar-refractivity contribution < 1.29 is 69.3 Å². The Balaban J connectivity index is 0.965. The number of carbonyl (C=O) groups excluding carboxylic acids is 1. The second-order valence-electron chi connectivity index (χ2n) is 13.1. The summed E-state index contributed by atoms with van der Waals surface area (Å²) in [5.41, 5.74) is 6.16. The van der Waals surface area contributed by atoms with Gasteiger partial charge in [0.1, 0.15) is 55.4 Å². The van der Waals surface area contributed by atoms with Gasteiger partial charge in [-0.05, 0) is 24.8 Å². The summed E-state index contributed by atoms with van der Waals surface area (Å²) in [6.45, 7) is 3.06. The summed E-state index contributed by atoms with van der Waals surface area (Å²) in [5, 5.41) is 84.1. The molecule has 2 aliphatic heterocycles. The molecule has 0 aromatic carbocycles. The van der Waals surface area contributed by atoms with Crippen molar-refractivity contribution in [1.82, 2.24) is 24.8 Å². The van der Waals surface area contributed by atoms with Gasteiger partial charge in [0.15, 0.2) is 23.7 Å². The van der Waals surface area contributed by atoms with Crippen LogP contribution in [0.4, 0.5) is 10.7 Å². The van der Waals surface area contributed by atoms with Crippen molar-refractivity contribution in [2.75, 3.05) is 38.7 Å². The third-order valence-electron chi connectivity index (χ3n) is 9.60. The Kier molecular flexibility index (Phi) is 13.6. The lowest BCUT2D eigenvalue weighted by atomic mass is 9.97. The SMILES string of the molecule is C=C1[C@H](COC(=O)NCCCCCCO[C@@H]2OC(CO)[C@@H](O[C@@H]3OC(CO)[C@H](O)[C@H](O)C3O)[C@H](O)C2O)[C@@H](O)C[C@@H]1n1cnc2c(=O)[nH]c(N)nc21. The van der Waals surface area contributed by atoms with E-state index in [1.165, 1.54) is 6.33 Å². The first-order chi connectivity index (χ1) is 24.9. The van der Waals surface area contributed by atoms with Crippen molar-refractivity contribution in [3.8, 4) is 0 Å². The average molecular weight is 745 g/mol. The maximum Gasteiger partial charge on any atom is 0.407 e. The third-order valence-corrected chi connectivity index (χ3v) is 9.60. The number of aromatic amines is 1. The van der Waals surface area contributed by atoms with Crippen LogP contribution in [0.1, 0.15) is 38.1 Å². The Hall–Kier alpha value is -3.32. The number of amides is 1. The predicted octanol–water partition coefficient (Wildman–Crippen LogP) is -3.89. The standard InChI is InChI=1S/C31H48N6O15/c1-13-14(16(40)8-15(13)37-12-34-19-26(37)35-30(32)36-27(19)46)11-49-31(47)33-6-4-2-3-5-7-48-28-24(45)22(43)25(18(10-39)51-28)52-29-23(44)21(42)20(41)17(9-38)50-29/h12,14-18,20-25,28-29,38-45H,1-11H2,(H,33,47)(H3,32,35,36,46)/t14-,15-,16-,17?,18?,20-,21-,22+,23?,24?,25+,28+,29-/m0/s1. The highest BCUT2D eigenvalue weighted by Gasteiger charge is 2.50. The third kappa shape index (κ3) is 8.72. The summed E-state index contributed by atoms with van der Waals surface area (Å²) in [6.07, 6.45) is -12.5. The van der Waals surface area contributed by atoms with Crippen molar-refractivity contribution in [2.45, 2.75) is 106 Å². The fraction of sp³-hybridized carbons (Fsp3) is 0.742. The molecule has 3 aliphatic rings. The fourth-order valence-corrected chi connectivity index (χ4v) is 6.60. The van der Waals surface area contributed by atoms with Gasteiger partial charge in [-0.3, -0.25) is 9.78 Å². The van der Waals surface area contributed by atoms with Crippen LogP contribution in [-0.2, 0) is 23.7 Å². The molecule has 1 amide bonds. The number of rotatable bonds is 15. The van der Waals surface area contributed by atoms with E-state index in [9.17, 15) is 50.4 Å². The Morgan fingerprint density at radius 2 is 1.67 bits per heavy atom. The molecule has 4 unspecified atom stereocenters. The number of hydrogen-bond acceptors (Lipinski definition) is 18. The van der Waals surface area contributed by atoms with Crippen LogP contribution >= 0.6 is 0 Å². The number of ether oxygens (including phenoxy) is 5. The summed E-state index contributed by atoms with van der Waals surface area (Å²) >= 11 is 0. The van der Waals surface area contributed by atoms with Crippen molar-refractivity contribution >= 4 is 23.2 Å². The number of fused-ring (bicyclic) bond motifs is 1. The molecule has 5 rings (SSSR count). The van der Waals surface area contributed by atoms with Gasteiger partial charge < -0.3 is 80.2 Å². The smallest absolute Gasteiger partial charge is 0.407 e. The lowest BCUT2D eigenvalue weighted by Crippen LogP contribution is -2.64. The van der Waals surface area contributed by atoms with Gasteiger partial charge in [0.05, 0.1) is 31.7 Å². The highest BCUT2D eigenvalue weighted by atomic mass is 16.7. The molecule has 2 aromatic heterocycles. The topological polar surface area (TPSA) is 327 Å². The predicted molar refractivity (Wildman–Crippen MR) is 175 cm³/mol. The van der Waals surface area contributed by atoms with Crippen LogP contribution in [0.2, 0.25) is 0 Å². The minimum atomic E-state index is -1.76. The van der Waals surface area contributed by atoms with Gasteiger partial charge in [0.2, 0.25) is 5.95 Å². The number of hydrogen-bond donors (Lipinski definition) is 11. The number of nitrogens with two attached hydrogens (primary N) is 1. The van der Waals surface area contributed by atoms with Gasteiger partial charge in [-0.1, -0.05) is 19.4 Å². The number of alkyl carbamates (subject to hydrolysis) is 1. The number of carbonyl (C=O) groups is 1. The Morgan fingerprint density at radius 3 is 2.40 bits per heavy atom. The van der Waals surface area contributed by atoms with Crippen LogP contribution in [-0.4, -0.2) is 167 Å². The molecule has 2 aromatic rings. The molecule has 3 fully saturated rings. The van der Waals surface area contributed by atoms with Crippen molar-refractivity contribution in [1.29, 1.82) is 0 Å². The first kappa shape index (κ1) is 39.9. The van der Waals surface area contributed by atoms with Gasteiger partial charge in [-0.2, -0.15) is 4.98 Å². The second kappa shape index (κ2) is 17.7. The monoisotopic (exact) mass is 744 g/mol. The number of nitrogens with zero attached hydrogens (tertiary/aromatic N) is 3. The fourth-order valence-electron chi connectivity index (χ4n) is 6.60. The molecule has 13 atom stereocenters. The number of H-pyrrole nitrogens is 1. The van der Waals surface area contributed by atoms with Crippen LogP contribution in [0.3, 0.4) is 0 Å². The molecule has 292 valence electrons. The molecular formula is C31H48N6O15. The number of nitrogens with one attached hydrogen (secondary N) is 2. The summed E-state index contributed by atoms with van der Waals surface area (Å²) in [7, 11) is 0. The van der Waals surface area contributed by atoms with Gasteiger partial charge in [-0.25, -0.2) is 9.78 Å². The minimum Gasteiger partial charge on any atom is -0.449 e. The number of nitrogen functional groups attached to an aromatic ring is 1. The van der Waals surface area contributed by atoms with Gasteiger partial charge >= 0.3 is 6.09 Å². The molecule has 52 heavy (non-hydrogen) atoms. The molecule has 21 nitrogen and oxygen atoms in total. The Morgan fingerprint density at radius 1 is 0.981 bits per heavy atom. The first-order valence-corrected chi connectivity index (χ1v) is 17.1. The summed E-state index contributed by atoms with van der Waals surface area (Å²) < 4.78 is 29.0. The van der Waals surface area contributed by atoms with Crippen molar-refractivity contribution in [3.63, 3.8) is 0 Å². The molecule has 2 saturated heterocycles. The lowest BCUT2D eigenvalue weighted by molar-refractivity contribution is -0.359. The molecule has 1 aliphatic carbocycles. The number of aliphatic hydroxyl groups is 8. The molecule has 0 spiro atoms. The summed E-state index contributed by atoms with van der Waals surface area (Å²) in [4.78, 5) is 35.1. The number of imidazole rings is 1. The summed E-state index contributed by atoms with van der Waals surface area (Å²) in [6, 6.07) is -0.431. The van der Waals surface area contributed by atoms with E-state index in [2.05, 4.69) is 26.8 Å². The van der Waals surface area contributed by atoms with E-state index in [4.69, 9.17) is 29.4 Å². The van der Waals surface area contributed by atoms with Gasteiger partial charge in [0.25, 0.3) is 5.56 Å². The molecule has 12 N–H and O–H groups in total. The van der Waals surface area contributed by atoms with E-state index in [0.717, 1.165) is 0 Å². The lowest BCUT2D eigenvalue weighted by Gasteiger charge is -2.45. The zero-order chi connectivity index (χ0) is 37.7. The van der Waals surface area contributed by atoms with E-state index in [1.54, 1.807) is 4.57 Å². The Labute approximate surface area is 296 Å². The summed E-state index contributed by atoms with van der Waals surface area (Å²) in [5.74, 6) is -0.616. The highest BCUT2D eigenvalue weighted by Crippen LogP contribution is 2.40. The second-order valence-corrected chi connectivity index (χ2v) is 13.1. The van der Waals surface area contributed by atoms with E-state index in [0.29, 0.717) is 37.8 Å². The quantitative estimate of drug-likeness (QED) is 0.0613. The average Bonchev–Trinajstić information content (AvgIpc) is 3.66. The van der Waals surface area contributed by atoms with E-state index < -0.39 is 104 Å². The number of anilines is 1. The van der Waals surface area contributed by atoms with E-state index in [1.807, 2.05) is 0 Å². The van der Waals surface area contributed by atoms with Crippen LogP contribution < -0.4 is 16.6 Å². The number of aliphatic hydroxyl groups excluding tert-OH is 8. The van der Waals surface area contributed by atoms with Crippen molar-refractivity contribution in [3.05, 3.63) is 28.8 Å². The largest absolute Gasteiger partial charge is 0.449 e. The van der Waals surface area contributed by atoms with Gasteiger partial charge in [0, 0.05) is 19.1 Å². The van der Waals surface area contributed by atoms with E-state index in [-0.39, 0.29) is 36.7 Å². The maximum absolute atomic E-state index is 12.3. The zero-order valence-corrected chi connectivity index (χ0v) is 28.2. The Bertz CT molecular complexity index is 1560. The number of unbranched alkanes of at least 4 members (excludes halogenated alkanes) is 3. The molecule has 0 bridgehead atoms. The first-order valence-electron chi connectivity index (χ1n) is 17.1.